The van der Waals surface area contributed by atoms with Gasteiger partial charge in [-0.2, -0.15) is 5.26 Å². The highest BCUT2D eigenvalue weighted by atomic mass is 79.9. The molecule has 0 atom stereocenters. The van der Waals surface area contributed by atoms with E-state index in [2.05, 4.69) is 15.9 Å². The van der Waals surface area contributed by atoms with Gasteiger partial charge in [0.05, 0.1) is 5.56 Å². The number of amides is 1. The Bertz CT molecular complexity index is 994. The quantitative estimate of drug-likeness (QED) is 0.570. The standard InChI is InChI=1S/C11H8BrN.C8H6N2O2/c12-11-6-2-4-9-8(7-13)3-1-5-10(9)11;9-4-6-3-5(8(10)12)1-2-7(6)11/h1-7,13H;1-3,11H,(H2,10,12). The van der Waals surface area contributed by atoms with E-state index in [1.165, 1.54) is 24.4 Å². The van der Waals surface area contributed by atoms with Crippen molar-refractivity contribution in [3.8, 4) is 11.8 Å². The van der Waals surface area contributed by atoms with E-state index in [9.17, 15) is 4.79 Å². The number of halogens is 1. The number of nitrogens with one attached hydrogen (secondary N) is 1. The summed E-state index contributed by atoms with van der Waals surface area (Å²) in [6.45, 7) is 0. The molecule has 0 unspecified atom stereocenters. The summed E-state index contributed by atoms with van der Waals surface area (Å²) < 4.78 is 1.08. The van der Waals surface area contributed by atoms with Gasteiger partial charge in [-0.05, 0) is 40.6 Å². The van der Waals surface area contributed by atoms with Crippen molar-refractivity contribution in [2.75, 3.05) is 0 Å². The Labute approximate surface area is 153 Å². The van der Waals surface area contributed by atoms with Gasteiger partial charge in [0.1, 0.15) is 11.8 Å². The zero-order valence-corrected chi connectivity index (χ0v) is 14.6. The zero-order valence-electron chi connectivity index (χ0n) is 13.0. The number of nitrogens with zero attached hydrogens (tertiary/aromatic N) is 1. The molecule has 0 aliphatic heterocycles. The number of rotatable bonds is 2. The van der Waals surface area contributed by atoms with Crippen molar-refractivity contribution >= 4 is 38.8 Å². The fourth-order valence-electron chi connectivity index (χ4n) is 2.20. The van der Waals surface area contributed by atoms with E-state index >= 15 is 0 Å². The average Bonchev–Trinajstić information content (AvgIpc) is 2.62. The third-order valence-electron chi connectivity index (χ3n) is 3.46. The van der Waals surface area contributed by atoms with Crippen molar-refractivity contribution in [3.05, 3.63) is 75.8 Å². The van der Waals surface area contributed by atoms with Crippen LogP contribution in [0.4, 0.5) is 0 Å². The lowest BCUT2D eigenvalue weighted by Crippen LogP contribution is -2.10. The van der Waals surface area contributed by atoms with Crippen LogP contribution < -0.4 is 5.73 Å². The number of phenolic OH excluding ortho intramolecular Hbond substituents is 1. The van der Waals surface area contributed by atoms with Crippen molar-refractivity contribution in [2.45, 2.75) is 0 Å². The fourth-order valence-corrected chi connectivity index (χ4v) is 2.70. The first-order valence-electron chi connectivity index (χ1n) is 7.18. The first-order chi connectivity index (χ1) is 12.0. The van der Waals surface area contributed by atoms with Crippen LogP contribution in [0.1, 0.15) is 21.5 Å². The second-order valence-electron chi connectivity index (χ2n) is 5.03. The number of aromatic hydroxyl groups is 1. The molecular weight excluding hydrogens is 382 g/mol. The van der Waals surface area contributed by atoms with Gasteiger partial charge in [0.2, 0.25) is 5.91 Å². The van der Waals surface area contributed by atoms with Gasteiger partial charge in [-0.3, -0.25) is 4.79 Å². The molecule has 3 aromatic rings. The lowest BCUT2D eigenvalue weighted by Gasteiger charge is -2.02. The Morgan fingerprint density at radius 1 is 1.16 bits per heavy atom. The van der Waals surface area contributed by atoms with Crippen LogP contribution in [0.15, 0.2) is 59.1 Å². The van der Waals surface area contributed by atoms with Crippen molar-refractivity contribution < 1.29 is 9.90 Å². The Balaban J connectivity index is 0.000000181. The molecule has 0 bridgehead atoms. The molecular formula is C19H14BrN3O2. The number of carbonyl (C=O) groups excluding carboxylic acids is 1. The molecule has 25 heavy (non-hydrogen) atoms. The average molecular weight is 396 g/mol. The molecule has 3 aromatic carbocycles. The maximum absolute atomic E-state index is 10.6. The van der Waals surface area contributed by atoms with Gasteiger partial charge in [-0.25, -0.2) is 0 Å². The van der Waals surface area contributed by atoms with Crippen molar-refractivity contribution in [1.29, 1.82) is 10.7 Å². The highest BCUT2D eigenvalue weighted by Crippen LogP contribution is 2.25. The first kappa shape index (κ1) is 18.2. The zero-order chi connectivity index (χ0) is 18.4. The molecule has 0 aliphatic rings. The largest absolute Gasteiger partial charge is 0.507 e. The lowest BCUT2D eigenvalue weighted by atomic mass is 10.1. The Morgan fingerprint density at radius 2 is 1.84 bits per heavy atom. The minimum absolute atomic E-state index is 0.0475. The first-order valence-corrected chi connectivity index (χ1v) is 7.98. The van der Waals surface area contributed by atoms with Crippen LogP contribution in [0.2, 0.25) is 0 Å². The van der Waals surface area contributed by atoms with Crippen molar-refractivity contribution in [3.63, 3.8) is 0 Å². The second kappa shape index (κ2) is 8.08. The molecule has 0 saturated carbocycles. The number of carbonyl (C=O) groups is 1. The SMILES string of the molecule is N#Cc1cc(C(N)=O)ccc1O.N=Cc1cccc2c(Br)cccc12. The monoisotopic (exact) mass is 395 g/mol. The number of nitriles is 1. The van der Waals surface area contributed by atoms with E-state index in [0.717, 1.165) is 20.8 Å². The number of fused-ring (bicyclic) bond motifs is 1. The fraction of sp³-hybridized carbons (Fsp3) is 0. The van der Waals surface area contributed by atoms with Crippen LogP contribution in [-0.2, 0) is 0 Å². The molecule has 0 spiro atoms. The minimum Gasteiger partial charge on any atom is -0.507 e. The smallest absolute Gasteiger partial charge is 0.248 e. The molecule has 0 heterocycles. The summed E-state index contributed by atoms with van der Waals surface area (Å²) >= 11 is 3.49. The predicted octanol–water partition coefficient (Wildman–Crippen LogP) is 3.96. The van der Waals surface area contributed by atoms with Crippen molar-refractivity contribution in [1.82, 2.24) is 0 Å². The molecule has 0 fully saturated rings. The van der Waals surface area contributed by atoms with Crippen LogP contribution >= 0.6 is 15.9 Å². The van der Waals surface area contributed by atoms with E-state index in [0.29, 0.717) is 0 Å². The normalized spacial score (nSPS) is 9.60. The Hall–Kier alpha value is -3.17. The summed E-state index contributed by atoms with van der Waals surface area (Å²) in [6.07, 6.45) is 1.38. The molecule has 0 radical (unpaired) electrons. The van der Waals surface area contributed by atoms with Crippen LogP contribution in [0, 0.1) is 16.7 Å². The van der Waals surface area contributed by atoms with Gasteiger partial charge in [0.25, 0.3) is 0 Å². The molecule has 6 heteroatoms. The molecule has 0 saturated heterocycles. The summed E-state index contributed by atoms with van der Waals surface area (Å²) in [5.41, 5.74) is 6.17. The third-order valence-corrected chi connectivity index (χ3v) is 4.15. The lowest BCUT2D eigenvalue weighted by molar-refractivity contribution is 0.100. The van der Waals surface area contributed by atoms with E-state index < -0.39 is 5.91 Å². The molecule has 1 amide bonds. The summed E-state index contributed by atoms with van der Waals surface area (Å²) in [5, 5.41) is 27.0. The topological polar surface area (TPSA) is 111 Å². The number of primary amides is 1. The summed E-state index contributed by atoms with van der Waals surface area (Å²) in [6, 6.07) is 17.6. The Kier molecular flexibility index (Phi) is 5.88. The van der Waals surface area contributed by atoms with Gasteiger partial charge < -0.3 is 16.2 Å². The van der Waals surface area contributed by atoms with Gasteiger partial charge in [-0.15, -0.1) is 0 Å². The molecule has 5 nitrogen and oxygen atoms in total. The molecule has 3 rings (SSSR count). The van der Waals surface area contributed by atoms with Gasteiger partial charge in [-0.1, -0.05) is 46.3 Å². The van der Waals surface area contributed by atoms with Gasteiger partial charge in [0, 0.05) is 16.3 Å². The van der Waals surface area contributed by atoms with E-state index in [1.807, 2.05) is 36.4 Å². The highest BCUT2D eigenvalue weighted by molar-refractivity contribution is 9.10. The molecule has 4 N–H and O–H groups in total. The maximum Gasteiger partial charge on any atom is 0.248 e. The van der Waals surface area contributed by atoms with E-state index in [-0.39, 0.29) is 16.9 Å². The number of hydrogen-bond donors (Lipinski definition) is 3. The number of phenols is 1. The third kappa shape index (κ3) is 4.22. The number of nitrogens with two attached hydrogens (primary N) is 1. The van der Waals surface area contributed by atoms with Crippen LogP contribution in [0.25, 0.3) is 10.8 Å². The van der Waals surface area contributed by atoms with Crippen LogP contribution in [-0.4, -0.2) is 17.2 Å². The van der Waals surface area contributed by atoms with Crippen LogP contribution in [0.5, 0.6) is 5.75 Å². The molecule has 0 aromatic heterocycles. The summed E-state index contributed by atoms with van der Waals surface area (Å²) in [7, 11) is 0. The molecule has 0 aliphatic carbocycles. The number of benzene rings is 3. The van der Waals surface area contributed by atoms with Crippen LogP contribution in [0.3, 0.4) is 0 Å². The summed E-state index contributed by atoms with van der Waals surface area (Å²) in [4.78, 5) is 10.6. The second-order valence-corrected chi connectivity index (χ2v) is 5.89. The number of hydrogen-bond acceptors (Lipinski definition) is 4. The highest BCUT2D eigenvalue weighted by Gasteiger charge is 2.04. The Morgan fingerprint density at radius 3 is 2.48 bits per heavy atom. The molecule has 124 valence electrons. The summed E-state index contributed by atoms with van der Waals surface area (Å²) in [5.74, 6) is -0.769. The van der Waals surface area contributed by atoms with Crippen molar-refractivity contribution in [2.24, 2.45) is 5.73 Å². The van der Waals surface area contributed by atoms with Gasteiger partial charge in [0.15, 0.2) is 0 Å². The minimum atomic E-state index is -0.619. The maximum atomic E-state index is 10.6. The van der Waals surface area contributed by atoms with E-state index in [4.69, 9.17) is 21.5 Å². The van der Waals surface area contributed by atoms with Gasteiger partial charge >= 0.3 is 0 Å². The predicted molar refractivity (Wildman–Crippen MR) is 101 cm³/mol. The van der Waals surface area contributed by atoms with E-state index in [1.54, 1.807) is 6.07 Å².